The lowest BCUT2D eigenvalue weighted by Gasteiger charge is -2.35. The molecular formula is C23H31N3O6S2. The van der Waals surface area contributed by atoms with E-state index >= 15 is 0 Å². The summed E-state index contributed by atoms with van der Waals surface area (Å²) >= 11 is 0. The third kappa shape index (κ3) is 5.89. The molecule has 2 aromatic rings. The zero-order valence-corrected chi connectivity index (χ0v) is 21.5. The summed E-state index contributed by atoms with van der Waals surface area (Å²) < 4.78 is 57.6. The van der Waals surface area contributed by atoms with E-state index in [9.17, 15) is 21.6 Å². The van der Waals surface area contributed by atoms with E-state index in [2.05, 4.69) is 0 Å². The largest absolute Gasteiger partial charge is 0.481 e. The Balaban J connectivity index is 1.61. The van der Waals surface area contributed by atoms with E-state index in [0.29, 0.717) is 17.9 Å². The predicted octanol–water partition coefficient (Wildman–Crippen LogP) is 2.08. The summed E-state index contributed by atoms with van der Waals surface area (Å²) in [5.41, 5.74) is 1.47. The number of piperazine rings is 1. The van der Waals surface area contributed by atoms with Crippen molar-refractivity contribution in [3.05, 3.63) is 54.1 Å². The van der Waals surface area contributed by atoms with Crippen molar-refractivity contribution in [1.29, 1.82) is 0 Å². The molecular weight excluding hydrogens is 478 g/mol. The fraction of sp³-hybridized carbons (Fsp3) is 0.435. The van der Waals surface area contributed by atoms with Gasteiger partial charge in [-0.25, -0.2) is 16.8 Å². The van der Waals surface area contributed by atoms with E-state index in [1.807, 2.05) is 13.8 Å². The second kappa shape index (κ2) is 10.3. The Kier molecular flexibility index (Phi) is 7.89. The Morgan fingerprint density at radius 2 is 1.53 bits per heavy atom. The highest BCUT2D eigenvalue weighted by Gasteiger charge is 2.32. The number of aryl methyl sites for hydroxylation is 1. The number of ether oxygens (including phenoxy) is 1. The van der Waals surface area contributed by atoms with Crippen LogP contribution in [0.2, 0.25) is 0 Å². The van der Waals surface area contributed by atoms with Gasteiger partial charge in [0.25, 0.3) is 5.91 Å². The van der Waals surface area contributed by atoms with Crippen molar-refractivity contribution in [2.24, 2.45) is 0 Å². The van der Waals surface area contributed by atoms with Crippen LogP contribution in [0.15, 0.2) is 53.4 Å². The molecule has 1 aliphatic rings. The molecule has 9 nitrogen and oxygen atoms in total. The summed E-state index contributed by atoms with van der Waals surface area (Å²) in [6.07, 6.45) is 0.833. The summed E-state index contributed by atoms with van der Waals surface area (Å²) in [6.45, 7) is 4.72. The summed E-state index contributed by atoms with van der Waals surface area (Å²) in [7, 11) is -5.52. The molecule has 1 amide bonds. The highest BCUT2D eigenvalue weighted by molar-refractivity contribution is 7.92. The quantitative estimate of drug-likeness (QED) is 0.540. The Hall–Kier alpha value is -2.63. The number of nitrogens with zero attached hydrogens (tertiary/aromatic N) is 3. The molecule has 186 valence electrons. The molecule has 1 aliphatic heterocycles. The number of anilines is 1. The molecule has 0 bridgehead atoms. The molecule has 34 heavy (non-hydrogen) atoms. The minimum Gasteiger partial charge on any atom is -0.481 e. The average molecular weight is 510 g/mol. The Bertz CT molecular complexity index is 1200. The Morgan fingerprint density at radius 1 is 0.971 bits per heavy atom. The van der Waals surface area contributed by atoms with E-state index in [1.165, 1.54) is 11.4 Å². The van der Waals surface area contributed by atoms with E-state index < -0.39 is 26.2 Å². The molecule has 1 saturated heterocycles. The van der Waals surface area contributed by atoms with Crippen molar-refractivity contribution in [2.75, 3.05) is 43.8 Å². The van der Waals surface area contributed by atoms with Gasteiger partial charge in [-0.05, 0) is 49.7 Å². The van der Waals surface area contributed by atoms with Crippen LogP contribution in [-0.4, -0.2) is 77.5 Å². The molecule has 1 atom stereocenters. The topological polar surface area (TPSA) is 104 Å². The summed E-state index contributed by atoms with van der Waals surface area (Å²) in [5.74, 6) is 0.249. The van der Waals surface area contributed by atoms with Crippen LogP contribution >= 0.6 is 0 Å². The maximum absolute atomic E-state index is 13.0. The molecule has 2 aromatic carbocycles. The SMILES string of the molecule is CCC(Oc1ccc(N(C)S(C)(=O)=O)cc1)C(=O)N1CCN(S(=O)(=O)c2ccc(C)cc2)CC1. The Labute approximate surface area is 202 Å². The fourth-order valence-corrected chi connectivity index (χ4v) is 5.54. The van der Waals surface area contributed by atoms with Crippen LogP contribution in [0.3, 0.4) is 0 Å². The molecule has 1 unspecified atom stereocenters. The van der Waals surface area contributed by atoms with Gasteiger partial charge in [0.1, 0.15) is 5.75 Å². The molecule has 1 fully saturated rings. The van der Waals surface area contributed by atoms with E-state index in [4.69, 9.17) is 4.74 Å². The van der Waals surface area contributed by atoms with Gasteiger partial charge in [0.2, 0.25) is 20.0 Å². The van der Waals surface area contributed by atoms with Crippen LogP contribution in [0.4, 0.5) is 5.69 Å². The Morgan fingerprint density at radius 3 is 2.03 bits per heavy atom. The maximum Gasteiger partial charge on any atom is 0.263 e. The van der Waals surface area contributed by atoms with Gasteiger partial charge in [0, 0.05) is 33.2 Å². The monoisotopic (exact) mass is 509 g/mol. The highest BCUT2D eigenvalue weighted by atomic mass is 32.2. The molecule has 3 rings (SSSR count). The van der Waals surface area contributed by atoms with Gasteiger partial charge in [-0.15, -0.1) is 0 Å². The van der Waals surface area contributed by atoms with E-state index in [1.54, 1.807) is 53.4 Å². The number of carbonyl (C=O) groups is 1. The number of rotatable bonds is 8. The van der Waals surface area contributed by atoms with E-state index in [0.717, 1.165) is 16.1 Å². The molecule has 0 aliphatic carbocycles. The predicted molar refractivity (Wildman–Crippen MR) is 131 cm³/mol. The second-order valence-electron chi connectivity index (χ2n) is 8.28. The van der Waals surface area contributed by atoms with Crippen molar-refractivity contribution in [2.45, 2.75) is 31.3 Å². The van der Waals surface area contributed by atoms with Crippen LogP contribution in [0.1, 0.15) is 18.9 Å². The molecule has 1 heterocycles. The normalized spacial score (nSPS) is 16.2. The third-order valence-electron chi connectivity index (χ3n) is 5.83. The zero-order valence-electron chi connectivity index (χ0n) is 19.8. The van der Waals surface area contributed by atoms with Crippen molar-refractivity contribution < 1.29 is 26.4 Å². The van der Waals surface area contributed by atoms with Crippen LogP contribution in [-0.2, 0) is 24.8 Å². The second-order valence-corrected chi connectivity index (χ2v) is 12.2. The first-order valence-electron chi connectivity index (χ1n) is 11.0. The third-order valence-corrected chi connectivity index (χ3v) is 8.95. The van der Waals surface area contributed by atoms with Crippen molar-refractivity contribution in [3.8, 4) is 5.75 Å². The van der Waals surface area contributed by atoms with Gasteiger partial charge in [0.15, 0.2) is 6.10 Å². The van der Waals surface area contributed by atoms with Crippen LogP contribution in [0, 0.1) is 6.92 Å². The molecule has 11 heteroatoms. The summed E-state index contributed by atoms with van der Waals surface area (Å²) in [6, 6.07) is 13.2. The number of sulfonamides is 2. The average Bonchev–Trinajstić information content (AvgIpc) is 2.82. The van der Waals surface area contributed by atoms with Gasteiger partial charge in [0.05, 0.1) is 16.8 Å². The molecule has 0 radical (unpaired) electrons. The maximum atomic E-state index is 13.0. The van der Waals surface area contributed by atoms with Gasteiger partial charge in [-0.2, -0.15) is 4.31 Å². The molecule has 0 saturated carbocycles. The number of hydrogen-bond donors (Lipinski definition) is 0. The lowest BCUT2D eigenvalue weighted by molar-refractivity contribution is -0.140. The van der Waals surface area contributed by atoms with Crippen LogP contribution in [0.5, 0.6) is 5.75 Å². The van der Waals surface area contributed by atoms with Crippen LogP contribution < -0.4 is 9.04 Å². The van der Waals surface area contributed by atoms with Gasteiger partial charge in [-0.1, -0.05) is 24.6 Å². The fourth-order valence-electron chi connectivity index (χ4n) is 3.61. The first-order valence-corrected chi connectivity index (χ1v) is 14.3. The first kappa shape index (κ1) is 26.0. The van der Waals surface area contributed by atoms with Crippen LogP contribution in [0.25, 0.3) is 0 Å². The summed E-state index contributed by atoms with van der Waals surface area (Å²) in [5, 5.41) is 0. The number of amides is 1. The number of hydrogen-bond acceptors (Lipinski definition) is 6. The smallest absolute Gasteiger partial charge is 0.263 e. The first-order chi connectivity index (χ1) is 15.9. The lowest BCUT2D eigenvalue weighted by Crippen LogP contribution is -2.53. The molecule has 0 aromatic heterocycles. The molecule has 0 spiro atoms. The molecule has 0 N–H and O–H groups in total. The minimum atomic E-state index is -3.61. The number of carbonyl (C=O) groups excluding carboxylic acids is 1. The zero-order chi connectivity index (χ0) is 25.1. The van der Waals surface area contributed by atoms with E-state index in [-0.39, 0.29) is 37.0 Å². The summed E-state index contributed by atoms with van der Waals surface area (Å²) in [4.78, 5) is 14.9. The van der Waals surface area contributed by atoms with Gasteiger partial charge in [-0.3, -0.25) is 9.10 Å². The van der Waals surface area contributed by atoms with Crippen molar-refractivity contribution in [1.82, 2.24) is 9.21 Å². The lowest BCUT2D eigenvalue weighted by atomic mass is 10.2. The van der Waals surface area contributed by atoms with Crippen molar-refractivity contribution in [3.63, 3.8) is 0 Å². The van der Waals surface area contributed by atoms with Gasteiger partial charge >= 0.3 is 0 Å². The minimum absolute atomic E-state index is 0.202. The standard InChI is InChI=1S/C23H31N3O6S2/c1-5-22(32-20-10-8-19(9-11-20)24(3)33(4,28)29)23(27)25-14-16-26(17-15-25)34(30,31)21-12-6-18(2)7-13-21/h6-13,22H,5,14-17H2,1-4H3. The number of benzene rings is 2. The van der Waals surface area contributed by atoms with Gasteiger partial charge < -0.3 is 9.64 Å². The van der Waals surface area contributed by atoms with Crippen molar-refractivity contribution >= 4 is 31.6 Å². The highest BCUT2D eigenvalue weighted by Crippen LogP contribution is 2.23.